The first-order valence-electron chi connectivity index (χ1n) is 4.12. The van der Waals surface area contributed by atoms with Crippen molar-refractivity contribution in [2.45, 2.75) is 12.8 Å². The van der Waals surface area contributed by atoms with Crippen LogP contribution < -0.4 is 5.46 Å². The zero-order valence-corrected chi connectivity index (χ0v) is 14.0. The molecule has 0 aliphatic heterocycles. The summed E-state index contributed by atoms with van der Waals surface area (Å²) in [4.78, 5) is 0. The first kappa shape index (κ1) is 12.5. The molecule has 0 N–H and O–H groups in total. The van der Waals surface area contributed by atoms with Gasteiger partial charge in [0.2, 0.25) is 0 Å². The maximum Gasteiger partial charge on any atom is 0.149 e. The van der Waals surface area contributed by atoms with E-state index in [1.807, 2.05) is 0 Å². The van der Waals surface area contributed by atoms with Gasteiger partial charge in [0.1, 0.15) is 7.28 Å². The van der Waals surface area contributed by atoms with Gasteiger partial charge in [0.25, 0.3) is 0 Å². The third kappa shape index (κ3) is 3.22. The molecular formula is C9H10BI3. The topological polar surface area (TPSA) is 0 Å². The van der Waals surface area contributed by atoms with Crippen molar-refractivity contribution >= 4 is 81.1 Å². The molecule has 1 aromatic carbocycles. The third-order valence-corrected chi connectivity index (χ3v) is 3.81. The van der Waals surface area contributed by atoms with Crippen molar-refractivity contribution in [1.29, 1.82) is 0 Å². The maximum atomic E-state index is 2.48. The van der Waals surface area contributed by atoms with Crippen LogP contribution in [-0.2, 0) is 5.86 Å². The van der Waals surface area contributed by atoms with E-state index in [1.54, 1.807) is 0 Å². The number of hydrogen-bond donors (Lipinski definition) is 0. The molecule has 0 aliphatic carbocycles. The first-order chi connectivity index (χ1) is 5.96. The molecule has 0 bridgehead atoms. The summed E-state index contributed by atoms with van der Waals surface area (Å²) >= 11 is 7.44. The van der Waals surface area contributed by atoms with Crippen LogP contribution in [0.4, 0.5) is 0 Å². The molecule has 0 aliphatic rings. The van der Waals surface area contributed by atoms with Gasteiger partial charge >= 0.3 is 0 Å². The average molecular weight is 510 g/mol. The van der Waals surface area contributed by atoms with E-state index in [4.69, 9.17) is 0 Å². The van der Waals surface area contributed by atoms with Gasteiger partial charge in [0, 0.05) is 0 Å². The molecule has 70 valence electrons. The predicted molar refractivity (Wildman–Crippen MR) is 87.7 cm³/mol. The highest BCUT2D eigenvalue weighted by Crippen LogP contribution is 2.46. The number of benzene rings is 1. The Hall–Kier alpha value is 1.47. The molecule has 0 saturated carbocycles. The number of alkyl halides is 3. The van der Waals surface area contributed by atoms with Crippen molar-refractivity contribution in [2.75, 3.05) is 0 Å². The Morgan fingerprint density at radius 1 is 1.31 bits per heavy atom. The molecule has 1 rings (SSSR count). The second kappa shape index (κ2) is 5.00. The molecule has 0 aromatic heterocycles. The van der Waals surface area contributed by atoms with Crippen LogP contribution in [0.1, 0.15) is 18.1 Å². The molecule has 0 fully saturated rings. The minimum absolute atomic E-state index is 0.185. The van der Waals surface area contributed by atoms with E-state index in [0.29, 0.717) is 0 Å². The van der Waals surface area contributed by atoms with Gasteiger partial charge in [0.15, 0.2) is 0 Å². The second-order valence-electron chi connectivity index (χ2n) is 2.95. The second-order valence-corrected chi connectivity index (χ2v) is 14.0. The smallest absolute Gasteiger partial charge is 0.0855 e. The van der Waals surface area contributed by atoms with Gasteiger partial charge in [0.05, 0.1) is 0 Å². The fourth-order valence-electron chi connectivity index (χ4n) is 1.44. The van der Waals surface area contributed by atoms with Gasteiger partial charge in [-0.3, -0.25) is 0 Å². The molecule has 0 heterocycles. The molecule has 0 nitrogen and oxygen atoms in total. The minimum atomic E-state index is 0.185. The zero-order valence-electron chi connectivity index (χ0n) is 7.57. The van der Waals surface area contributed by atoms with Gasteiger partial charge in [-0.05, 0) is 85.3 Å². The summed E-state index contributed by atoms with van der Waals surface area (Å²) in [6.45, 7) is 2.22. The van der Waals surface area contributed by atoms with Crippen molar-refractivity contribution < 1.29 is 0 Å². The normalized spacial score (nSPS) is 11.7. The molecule has 0 spiro atoms. The van der Waals surface area contributed by atoms with E-state index >= 15 is 0 Å². The standard InChI is InChI=1S/C9H10BI3/c1-2-6-7(9(11,12)13)4-3-5-8(6)10/h3-5H,2,10H2,1H3. The van der Waals surface area contributed by atoms with Crippen molar-refractivity contribution in [3.63, 3.8) is 0 Å². The van der Waals surface area contributed by atoms with Crippen LogP contribution in [0.3, 0.4) is 0 Å². The molecule has 1 aromatic rings. The van der Waals surface area contributed by atoms with Crippen molar-refractivity contribution in [3.05, 3.63) is 29.3 Å². The van der Waals surface area contributed by atoms with Gasteiger partial charge < -0.3 is 0 Å². The van der Waals surface area contributed by atoms with Crippen LogP contribution >= 0.6 is 67.8 Å². The average Bonchev–Trinajstić information content (AvgIpc) is 2.02. The van der Waals surface area contributed by atoms with E-state index in [0.717, 1.165) is 6.42 Å². The Kier molecular flexibility index (Phi) is 4.83. The van der Waals surface area contributed by atoms with Crippen LogP contribution in [0.5, 0.6) is 0 Å². The summed E-state index contributed by atoms with van der Waals surface area (Å²) in [6.07, 6.45) is 1.12. The lowest BCUT2D eigenvalue weighted by Gasteiger charge is -2.18. The Labute approximate surface area is 121 Å². The van der Waals surface area contributed by atoms with Gasteiger partial charge in [-0.15, -0.1) is 0 Å². The number of hydrogen-bond acceptors (Lipinski definition) is 0. The molecule has 0 saturated heterocycles. The van der Waals surface area contributed by atoms with E-state index in [2.05, 4.69) is 101 Å². The summed E-state index contributed by atoms with van der Waals surface area (Å²) in [5, 5.41) is 0. The van der Waals surface area contributed by atoms with Crippen LogP contribution in [-0.4, -0.2) is 7.85 Å². The Morgan fingerprint density at radius 2 is 1.92 bits per heavy atom. The van der Waals surface area contributed by atoms with E-state index in [-0.39, 0.29) is -0.565 Å². The summed E-state index contributed by atoms with van der Waals surface area (Å²) in [7, 11) is 2.19. The SMILES string of the molecule is Bc1cccc(C(I)(I)I)c1CC. The summed E-state index contributed by atoms with van der Waals surface area (Å²) < 4.78 is 0.185. The number of halogens is 3. The predicted octanol–water partition coefficient (Wildman–Crippen LogP) is 2.92. The summed E-state index contributed by atoms with van der Waals surface area (Å²) in [6, 6.07) is 6.57. The lowest BCUT2D eigenvalue weighted by atomic mass is 9.87. The highest BCUT2D eigenvalue weighted by atomic mass is 127. The van der Waals surface area contributed by atoms with E-state index in [9.17, 15) is 0 Å². The van der Waals surface area contributed by atoms with Crippen LogP contribution in [0.25, 0.3) is 0 Å². The minimum Gasteiger partial charge on any atom is -0.0855 e. The Bertz CT molecular complexity index is 304. The van der Waals surface area contributed by atoms with Crippen LogP contribution in [0, 0.1) is 0 Å². The van der Waals surface area contributed by atoms with Crippen molar-refractivity contribution in [1.82, 2.24) is 0 Å². The first-order valence-corrected chi connectivity index (χ1v) is 7.36. The highest BCUT2D eigenvalue weighted by Gasteiger charge is 2.23. The zero-order chi connectivity index (χ0) is 10.1. The molecule has 0 amide bonds. The molecule has 13 heavy (non-hydrogen) atoms. The quantitative estimate of drug-likeness (QED) is 0.327. The Balaban J connectivity index is 3.29. The monoisotopic (exact) mass is 510 g/mol. The fraction of sp³-hybridized carbons (Fsp3) is 0.333. The van der Waals surface area contributed by atoms with Gasteiger partial charge in [-0.1, -0.05) is 30.6 Å². The molecule has 0 radical (unpaired) electrons. The lowest BCUT2D eigenvalue weighted by molar-refractivity contribution is 1.12. The van der Waals surface area contributed by atoms with Crippen LogP contribution in [0.2, 0.25) is 0 Å². The summed E-state index contributed by atoms with van der Waals surface area (Å²) in [5.41, 5.74) is 4.37. The van der Waals surface area contributed by atoms with E-state index in [1.165, 1.54) is 16.6 Å². The molecular weight excluding hydrogens is 500 g/mol. The highest BCUT2D eigenvalue weighted by molar-refractivity contribution is 14.3. The molecule has 0 atom stereocenters. The Morgan fingerprint density at radius 3 is 2.31 bits per heavy atom. The third-order valence-electron chi connectivity index (χ3n) is 2.07. The van der Waals surface area contributed by atoms with Crippen LogP contribution in [0.15, 0.2) is 18.2 Å². The molecule has 0 unspecified atom stereocenters. The lowest BCUT2D eigenvalue weighted by Crippen LogP contribution is -2.15. The fourth-order valence-corrected chi connectivity index (χ4v) is 2.95. The van der Waals surface area contributed by atoms with Gasteiger partial charge in [-0.25, -0.2) is 0 Å². The largest absolute Gasteiger partial charge is 0.149 e. The summed E-state index contributed by atoms with van der Waals surface area (Å²) in [5.74, 6) is 0. The molecule has 4 heteroatoms. The van der Waals surface area contributed by atoms with Crippen molar-refractivity contribution in [3.8, 4) is 0 Å². The number of rotatable bonds is 2. The van der Waals surface area contributed by atoms with Crippen molar-refractivity contribution in [2.24, 2.45) is 0 Å². The van der Waals surface area contributed by atoms with E-state index < -0.39 is 0 Å². The maximum absolute atomic E-state index is 2.48. The van der Waals surface area contributed by atoms with Gasteiger partial charge in [-0.2, -0.15) is 0 Å².